The maximum Gasteiger partial charge on any atom is 0.292 e. The third kappa shape index (κ3) is 3.93. The van der Waals surface area contributed by atoms with Crippen LogP contribution in [0.4, 0.5) is 0 Å². The van der Waals surface area contributed by atoms with Crippen LogP contribution in [-0.2, 0) is 21.4 Å². The lowest BCUT2D eigenvalue weighted by Crippen LogP contribution is -2.40. The summed E-state index contributed by atoms with van der Waals surface area (Å²) in [5.41, 5.74) is 2.82. The molecular weight excluding hydrogens is 430 g/mol. The first kappa shape index (κ1) is 21.1. The number of phenolic OH excluding ortho intramolecular Hbond substituents is 1. The maximum atomic E-state index is 13.3. The van der Waals surface area contributed by atoms with Gasteiger partial charge in [0, 0.05) is 11.1 Å². The molecule has 0 saturated carbocycles. The van der Waals surface area contributed by atoms with E-state index in [0.29, 0.717) is 11.1 Å². The van der Waals surface area contributed by atoms with Gasteiger partial charge in [0.05, 0.1) is 17.7 Å². The first-order valence-electron chi connectivity index (χ1n) is 9.60. The first-order valence-corrected chi connectivity index (χ1v) is 11.0. The summed E-state index contributed by atoms with van der Waals surface area (Å²) in [6.45, 7) is -0.159. The number of fused-ring (bicyclic) bond motifs is 1. The predicted molar refractivity (Wildman–Crippen MR) is 119 cm³/mol. The van der Waals surface area contributed by atoms with Gasteiger partial charge < -0.3 is 10.2 Å². The molecule has 0 spiro atoms. The Morgan fingerprint density at radius 2 is 1.59 bits per heavy atom. The van der Waals surface area contributed by atoms with Crippen LogP contribution in [0, 0.1) is 0 Å². The molecule has 1 heterocycles. The van der Waals surface area contributed by atoms with Crippen molar-refractivity contribution < 1.29 is 23.4 Å². The number of nitrogens with one attached hydrogen (secondary N) is 1. The molecule has 0 saturated heterocycles. The molecule has 0 fully saturated rings. The molecule has 1 aliphatic heterocycles. The number of amides is 1. The standard InChI is InChI=1S/C23H19N3O5S/c27-19-12-6-4-10-17(19)14-24-25-23(29)21-22(28)18-11-5-7-13-20(18)32(30,31)26(21)15-16-8-2-1-3-9-16/h1-14,27-28H,15H2,(H,25,29)/b24-14+. The quantitative estimate of drug-likeness (QED) is 0.409. The second-order valence-electron chi connectivity index (χ2n) is 6.95. The van der Waals surface area contributed by atoms with Crippen molar-refractivity contribution in [2.24, 2.45) is 5.10 Å². The summed E-state index contributed by atoms with van der Waals surface area (Å²) in [4.78, 5) is 12.9. The van der Waals surface area contributed by atoms with E-state index in [4.69, 9.17) is 0 Å². The van der Waals surface area contributed by atoms with Gasteiger partial charge in [-0.05, 0) is 29.8 Å². The van der Waals surface area contributed by atoms with Gasteiger partial charge in [-0.2, -0.15) is 5.10 Å². The van der Waals surface area contributed by atoms with Crippen LogP contribution in [0.25, 0.3) is 5.76 Å². The van der Waals surface area contributed by atoms with E-state index < -0.39 is 27.4 Å². The van der Waals surface area contributed by atoms with Gasteiger partial charge in [-0.3, -0.25) is 9.10 Å². The van der Waals surface area contributed by atoms with Crippen molar-refractivity contribution in [2.45, 2.75) is 11.4 Å². The zero-order valence-electron chi connectivity index (χ0n) is 16.7. The van der Waals surface area contributed by atoms with Crippen LogP contribution < -0.4 is 5.43 Å². The number of aliphatic hydroxyl groups is 1. The SMILES string of the molecule is O=C(N/N=C/c1ccccc1O)C1=C(O)c2ccccc2S(=O)(=O)N1Cc1ccccc1. The molecule has 0 aliphatic carbocycles. The van der Waals surface area contributed by atoms with Crippen LogP contribution in [0.3, 0.4) is 0 Å². The molecule has 0 bridgehead atoms. The summed E-state index contributed by atoms with van der Waals surface area (Å²) in [5, 5.41) is 24.5. The second kappa shape index (κ2) is 8.56. The number of hydrogen-bond donors (Lipinski definition) is 3. The number of phenols is 1. The number of aliphatic hydroxyl groups excluding tert-OH is 1. The highest BCUT2D eigenvalue weighted by molar-refractivity contribution is 7.89. The second-order valence-corrected chi connectivity index (χ2v) is 8.78. The molecular formula is C23H19N3O5S. The molecule has 32 heavy (non-hydrogen) atoms. The summed E-state index contributed by atoms with van der Waals surface area (Å²) >= 11 is 0. The molecule has 162 valence electrons. The van der Waals surface area contributed by atoms with E-state index in [9.17, 15) is 23.4 Å². The number of hydrogen-bond acceptors (Lipinski definition) is 6. The molecule has 0 aromatic heterocycles. The first-order chi connectivity index (χ1) is 15.4. The average Bonchev–Trinajstić information content (AvgIpc) is 2.80. The number of rotatable bonds is 5. The number of carbonyl (C=O) groups excluding carboxylic acids is 1. The number of para-hydroxylation sites is 1. The van der Waals surface area contributed by atoms with Crippen LogP contribution >= 0.6 is 0 Å². The molecule has 0 unspecified atom stereocenters. The van der Waals surface area contributed by atoms with Crippen LogP contribution in [0.15, 0.2) is 94.6 Å². The van der Waals surface area contributed by atoms with Gasteiger partial charge in [-0.25, -0.2) is 13.8 Å². The molecule has 1 aliphatic rings. The van der Waals surface area contributed by atoms with Crippen LogP contribution in [0.1, 0.15) is 16.7 Å². The van der Waals surface area contributed by atoms with Crippen molar-refractivity contribution >= 4 is 27.9 Å². The van der Waals surface area contributed by atoms with Crippen LogP contribution in [-0.4, -0.2) is 35.1 Å². The van der Waals surface area contributed by atoms with Crippen molar-refractivity contribution in [3.63, 3.8) is 0 Å². The lowest BCUT2D eigenvalue weighted by Gasteiger charge is -2.31. The number of sulfonamides is 1. The van der Waals surface area contributed by atoms with Gasteiger partial charge in [0.2, 0.25) is 0 Å². The van der Waals surface area contributed by atoms with Crippen molar-refractivity contribution in [2.75, 3.05) is 0 Å². The number of carbonyl (C=O) groups is 1. The Morgan fingerprint density at radius 3 is 2.34 bits per heavy atom. The van der Waals surface area contributed by atoms with E-state index >= 15 is 0 Å². The summed E-state index contributed by atoms with van der Waals surface area (Å²) < 4.78 is 27.5. The van der Waals surface area contributed by atoms with Gasteiger partial charge in [0.1, 0.15) is 5.75 Å². The molecule has 9 heteroatoms. The molecule has 3 N–H and O–H groups in total. The van der Waals surface area contributed by atoms with Gasteiger partial charge in [0.15, 0.2) is 11.5 Å². The minimum Gasteiger partial charge on any atom is -0.507 e. The van der Waals surface area contributed by atoms with Gasteiger partial charge >= 0.3 is 0 Å². The highest BCUT2D eigenvalue weighted by Crippen LogP contribution is 2.36. The molecule has 8 nitrogen and oxygen atoms in total. The van der Waals surface area contributed by atoms with Crippen LogP contribution in [0.2, 0.25) is 0 Å². The summed E-state index contributed by atoms with van der Waals surface area (Å²) in [5.74, 6) is -1.42. The fourth-order valence-corrected chi connectivity index (χ4v) is 4.98. The fraction of sp³-hybridized carbons (Fsp3) is 0.0435. The molecule has 0 radical (unpaired) electrons. The van der Waals surface area contributed by atoms with Crippen molar-refractivity contribution in [1.82, 2.24) is 9.73 Å². The van der Waals surface area contributed by atoms with E-state index in [2.05, 4.69) is 10.5 Å². The Hall–Kier alpha value is -4.11. The molecule has 1 amide bonds. The summed E-state index contributed by atoms with van der Waals surface area (Å²) in [7, 11) is -4.13. The van der Waals surface area contributed by atoms with Crippen molar-refractivity contribution in [3.8, 4) is 5.75 Å². The molecule has 3 aromatic carbocycles. The van der Waals surface area contributed by atoms with E-state index in [1.54, 1.807) is 60.7 Å². The molecule has 4 rings (SSSR count). The predicted octanol–water partition coefficient (Wildman–Crippen LogP) is 2.97. The summed E-state index contributed by atoms with van der Waals surface area (Å²) in [6, 6.07) is 21.0. The Balaban J connectivity index is 1.73. The Morgan fingerprint density at radius 1 is 0.938 bits per heavy atom. The van der Waals surface area contributed by atoms with E-state index in [1.165, 1.54) is 24.4 Å². The van der Waals surface area contributed by atoms with Gasteiger partial charge in [-0.15, -0.1) is 0 Å². The highest BCUT2D eigenvalue weighted by atomic mass is 32.2. The zero-order chi connectivity index (χ0) is 22.7. The van der Waals surface area contributed by atoms with E-state index in [-0.39, 0.29) is 22.8 Å². The third-order valence-electron chi connectivity index (χ3n) is 4.87. The Kier molecular flexibility index (Phi) is 5.65. The minimum absolute atomic E-state index is 0.0339. The van der Waals surface area contributed by atoms with Gasteiger partial charge in [0.25, 0.3) is 15.9 Å². The van der Waals surface area contributed by atoms with Crippen LogP contribution in [0.5, 0.6) is 5.75 Å². The zero-order valence-corrected chi connectivity index (χ0v) is 17.5. The minimum atomic E-state index is -4.13. The molecule has 3 aromatic rings. The average molecular weight is 449 g/mol. The Labute approximate surface area is 184 Å². The smallest absolute Gasteiger partial charge is 0.292 e. The number of aromatic hydroxyl groups is 1. The normalized spacial score (nSPS) is 14.9. The summed E-state index contributed by atoms with van der Waals surface area (Å²) in [6.07, 6.45) is 1.22. The highest BCUT2D eigenvalue weighted by Gasteiger charge is 2.40. The monoisotopic (exact) mass is 449 g/mol. The van der Waals surface area contributed by atoms with Crippen molar-refractivity contribution in [1.29, 1.82) is 0 Å². The largest absolute Gasteiger partial charge is 0.507 e. The topological polar surface area (TPSA) is 119 Å². The number of benzene rings is 3. The number of nitrogens with zero attached hydrogens (tertiary/aromatic N) is 2. The number of hydrazone groups is 1. The van der Waals surface area contributed by atoms with E-state index in [0.717, 1.165) is 4.31 Å². The lowest BCUT2D eigenvalue weighted by molar-refractivity contribution is -0.118. The maximum absolute atomic E-state index is 13.3. The third-order valence-corrected chi connectivity index (χ3v) is 6.68. The fourth-order valence-electron chi connectivity index (χ4n) is 3.32. The van der Waals surface area contributed by atoms with Gasteiger partial charge in [-0.1, -0.05) is 54.6 Å². The van der Waals surface area contributed by atoms with Crippen molar-refractivity contribution in [3.05, 3.63) is 101 Å². The molecule has 0 atom stereocenters. The lowest BCUT2D eigenvalue weighted by atomic mass is 10.1. The van der Waals surface area contributed by atoms with E-state index in [1.807, 2.05) is 0 Å². The Bertz CT molecular complexity index is 1330.